The third-order valence-corrected chi connectivity index (χ3v) is 14.4. The SMILES string of the molecule is CC/C=C\C/C=C\C/C=C\C/C=C\CCCCCCCCCCCCCCCCC(=O)NC(CO)C(O)CCCCCCCCCCCCCCCCCCCCCCCCCCCCCCC. The number of carbonyl (C=O) groups excluding carboxylic acids is 1. The standard InChI is InChI=1S/C64H121NO3/c1-3-5-7-9-11-13-15-17-19-21-23-25-27-29-31-32-34-35-37-39-41-43-45-47-49-51-53-55-57-59-63(67)62(61-66)65-64(68)60-58-56-54-52-50-48-46-44-42-40-38-36-33-30-28-26-24-22-20-18-16-14-12-10-8-6-4-2/h6,8,12,14,18,20,24,26,62-63,66-67H,3-5,7,9-11,13,15-17,19,21-23,25,27-61H2,1-2H3,(H,65,68)/b8-6-,14-12-,20-18-,26-24-. The first-order valence-corrected chi connectivity index (χ1v) is 30.8. The van der Waals surface area contributed by atoms with Gasteiger partial charge in [-0.05, 0) is 51.4 Å². The van der Waals surface area contributed by atoms with Gasteiger partial charge >= 0.3 is 0 Å². The normalized spacial score (nSPS) is 13.1. The van der Waals surface area contributed by atoms with E-state index in [0.717, 1.165) is 51.4 Å². The van der Waals surface area contributed by atoms with Gasteiger partial charge in [0.15, 0.2) is 0 Å². The third kappa shape index (κ3) is 55.3. The van der Waals surface area contributed by atoms with Gasteiger partial charge in [-0.15, -0.1) is 0 Å². The zero-order chi connectivity index (χ0) is 49.2. The highest BCUT2D eigenvalue weighted by atomic mass is 16.3. The first-order chi connectivity index (χ1) is 33.7. The number of rotatable bonds is 57. The Morgan fingerprint density at radius 2 is 0.647 bits per heavy atom. The first-order valence-electron chi connectivity index (χ1n) is 30.8. The van der Waals surface area contributed by atoms with Crippen molar-refractivity contribution in [1.82, 2.24) is 5.32 Å². The maximum Gasteiger partial charge on any atom is 0.220 e. The van der Waals surface area contributed by atoms with E-state index in [9.17, 15) is 15.0 Å². The lowest BCUT2D eigenvalue weighted by Crippen LogP contribution is -2.45. The van der Waals surface area contributed by atoms with Gasteiger partial charge in [0.1, 0.15) is 0 Å². The van der Waals surface area contributed by atoms with Crippen molar-refractivity contribution in [1.29, 1.82) is 0 Å². The van der Waals surface area contributed by atoms with Crippen molar-refractivity contribution < 1.29 is 15.0 Å². The summed E-state index contributed by atoms with van der Waals surface area (Å²) in [6.45, 7) is 4.28. The number of unbranched alkanes of at least 4 members (excludes halogenated alkanes) is 42. The van der Waals surface area contributed by atoms with E-state index < -0.39 is 12.1 Å². The van der Waals surface area contributed by atoms with Crippen LogP contribution in [0.25, 0.3) is 0 Å². The van der Waals surface area contributed by atoms with Crippen molar-refractivity contribution in [3.05, 3.63) is 48.6 Å². The van der Waals surface area contributed by atoms with E-state index in [4.69, 9.17) is 0 Å². The number of carbonyl (C=O) groups is 1. The van der Waals surface area contributed by atoms with Gasteiger partial charge < -0.3 is 15.5 Å². The largest absolute Gasteiger partial charge is 0.394 e. The molecule has 400 valence electrons. The Kier molecular flexibility index (Phi) is 58.2. The summed E-state index contributed by atoms with van der Waals surface area (Å²) >= 11 is 0. The molecular formula is C64H121NO3. The quantitative estimate of drug-likeness (QED) is 0.0420. The van der Waals surface area contributed by atoms with Gasteiger partial charge in [0.05, 0.1) is 18.8 Å². The first kappa shape index (κ1) is 66.3. The zero-order valence-corrected chi connectivity index (χ0v) is 46.1. The molecule has 0 spiro atoms. The molecule has 0 aliphatic rings. The predicted molar refractivity (Wildman–Crippen MR) is 304 cm³/mol. The van der Waals surface area contributed by atoms with Gasteiger partial charge in [-0.3, -0.25) is 4.79 Å². The number of aliphatic hydroxyl groups is 2. The summed E-state index contributed by atoms with van der Waals surface area (Å²) in [5.74, 6) is -0.0282. The molecule has 1 amide bonds. The number of amides is 1. The van der Waals surface area contributed by atoms with Crippen LogP contribution in [0.1, 0.15) is 335 Å². The minimum atomic E-state index is -0.662. The molecule has 0 aromatic carbocycles. The van der Waals surface area contributed by atoms with Crippen LogP contribution < -0.4 is 5.32 Å². The van der Waals surface area contributed by atoms with Crippen molar-refractivity contribution in [3.63, 3.8) is 0 Å². The van der Waals surface area contributed by atoms with Crippen molar-refractivity contribution in [2.24, 2.45) is 0 Å². The Balaban J connectivity index is 3.42. The molecule has 0 heterocycles. The lowest BCUT2D eigenvalue weighted by molar-refractivity contribution is -0.123. The minimum Gasteiger partial charge on any atom is -0.394 e. The molecular weight excluding hydrogens is 831 g/mol. The number of hydrogen-bond acceptors (Lipinski definition) is 3. The molecule has 4 nitrogen and oxygen atoms in total. The number of aliphatic hydroxyl groups excluding tert-OH is 2. The van der Waals surface area contributed by atoms with Gasteiger partial charge in [-0.2, -0.15) is 0 Å². The average molecular weight is 953 g/mol. The Hall–Kier alpha value is -1.65. The minimum absolute atomic E-state index is 0.0282. The van der Waals surface area contributed by atoms with Crippen molar-refractivity contribution in [2.75, 3.05) is 6.61 Å². The monoisotopic (exact) mass is 952 g/mol. The molecule has 0 saturated heterocycles. The van der Waals surface area contributed by atoms with Crippen molar-refractivity contribution >= 4 is 5.91 Å². The van der Waals surface area contributed by atoms with E-state index >= 15 is 0 Å². The lowest BCUT2D eigenvalue weighted by atomic mass is 10.0. The summed E-state index contributed by atoms with van der Waals surface area (Å²) in [7, 11) is 0. The number of hydrogen-bond donors (Lipinski definition) is 3. The maximum atomic E-state index is 12.5. The molecule has 0 saturated carbocycles. The van der Waals surface area contributed by atoms with Gasteiger partial charge in [-0.1, -0.05) is 326 Å². The van der Waals surface area contributed by atoms with Crippen LogP contribution in [0.2, 0.25) is 0 Å². The van der Waals surface area contributed by atoms with Crippen LogP contribution in [0.3, 0.4) is 0 Å². The van der Waals surface area contributed by atoms with E-state index in [0.29, 0.717) is 12.8 Å². The van der Waals surface area contributed by atoms with E-state index in [1.165, 1.54) is 257 Å². The van der Waals surface area contributed by atoms with Crippen LogP contribution in [0.5, 0.6) is 0 Å². The number of allylic oxidation sites excluding steroid dienone is 8. The molecule has 0 aromatic heterocycles. The van der Waals surface area contributed by atoms with Crippen LogP contribution in [0, 0.1) is 0 Å². The highest BCUT2D eigenvalue weighted by Crippen LogP contribution is 2.18. The Labute approximate surface area is 426 Å². The second-order valence-corrected chi connectivity index (χ2v) is 21.1. The third-order valence-electron chi connectivity index (χ3n) is 14.4. The maximum absolute atomic E-state index is 12.5. The molecule has 2 unspecified atom stereocenters. The fourth-order valence-electron chi connectivity index (χ4n) is 9.71. The van der Waals surface area contributed by atoms with E-state index in [2.05, 4.69) is 67.8 Å². The summed E-state index contributed by atoms with van der Waals surface area (Å²) in [5.41, 5.74) is 0. The summed E-state index contributed by atoms with van der Waals surface area (Å²) in [6.07, 6.45) is 82.7. The van der Waals surface area contributed by atoms with Crippen LogP contribution in [-0.2, 0) is 4.79 Å². The molecule has 0 fully saturated rings. The smallest absolute Gasteiger partial charge is 0.220 e. The summed E-state index contributed by atoms with van der Waals surface area (Å²) < 4.78 is 0. The van der Waals surface area contributed by atoms with Gasteiger partial charge in [0.2, 0.25) is 5.91 Å². The van der Waals surface area contributed by atoms with Gasteiger partial charge in [-0.25, -0.2) is 0 Å². The van der Waals surface area contributed by atoms with E-state index in [1.54, 1.807) is 0 Å². The Morgan fingerprint density at radius 1 is 0.368 bits per heavy atom. The van der Waals surface area contributed by atoms with Crippen LogP contribution in [-0.4, -0.2) is 34.9 Å². The molecule has 0 aromatic rings. The number of nitrogens with one attached hydrogen (secondary N) is 1. The fraction of sp³-hybridized carbons (Fsp3) is 0.859. The lowest BCUT2D eigenvalue weighted by Gasteiger charge is -2.22. The molecule has 4 heteroatoms. The van der Waals surface area contributed by atoms with Crippen LogP contribution in [0.15, 0.2) is 48.6 Å². The highest BCUT2D eigenvalue weighted by molar-refractivity contribution is 5.76. The summed E-state index contributed by atoms with van der Waals surface area (Å²) in [4.78, 5) is 12.5. The molecule has 3 N–H and O–H groups in total. The van der Waals surface area contributed by atoms with Crippen LogP contribution >= 0.6 is 0 Å². The molecule has 0 aliphatic carbocycles. The molecule has 68 heavy (non-hydrogen) atoms. The van der Waals surface area contributed by atoms with E-state index in [1.807, 2.05) is 0 Å². The molecule has 0 bridgehead atoms. The van der Waals surface area contributed by atoms with Crippen molar-refractivity contribution in [2.45, 2.75) is 347 Å². The second-order valence-electron chi connectivity index (χ2n) is 21.1. The summed E-state index contributed by atoms with van der Waals surface area (Å²) in [6, 6.07) is -0.539. The zero-order valence-electron chi connectivity index (χ0n) is 46.1. The molecule has 2 atom stereocenters. The highest BCUT2D eigenvalue weighted by Gasteiger charge is 2.20. The molecule has 0 rings (SSSR count). The van der Waals surface area contributed by atoms with Gasteiger partial charge in [0.25, 0.3) is 0 Å². The second kappa shape index (κ2) is 59.7. The topological polar surface area (TPSA) is 69.6 Å². The predicted octanol–water partition coefficient (Wildman–Crippen LogP) is 20.6. The molecule has 0 aliphatic heterocycles. The Morgan fingerprint density at radius 3 is 0.971 bits per heavy atom. The van der Waals surface area contributed by atoms with Crippen molar-refractivity contribution in [3.8, 4) is 0 Å². The van der Waals surface area contributed by atoms with E-state index in [-0.39, 0.29) is 12.5 Å². The Bertz CT molecular complexity index is 1080. The fourth-order valence-corrected chi connectivity index (χ4v) is 9.71. The van der Waals surface area contributed by atoms with Gasteiger partial charge in [0, 0.05) is 6.42 Å². The summed E-state index contributed by atoms with van der Waals surface area (Å²) in [5, 5.41) is 23.4. The molecule has 0 radical (unpaired) electrons. The average Bonchev–Trinajstić information content (AvgIpc) is 3.34. The van der Waals surface area contributed by atoms with Crippen LogP contribution in [0.4, 0.5) is 0 Å².